The molecule has 0 aromatic carbocycles. The SMILES string of the molecule is CCCCC[C@H](O)/C=C/C=C/CC1(CC[C@@H](CCC(=O)O)CCC(C)C)CCCC1. The molecule has 1 fully saturated rings. The Balaban J connectivity index is 2.51. The van der Waals surface area contributed by atoms with Crippen molar-refractivity contribution in [2.75, 3.05) is 0 Å². The number of rotatable bonds is 17. The number of aliphatic carboxylic acids is 1. The molecule has 2 atom stereocenters. The maximum Gasteiger partial charge on any atom is 0.303 e. The zero-order valence-corrected chi connectivity index (χ0v) is 20.0. The summed E-state index contributed by atoms with van der Waals surface area (Å²) in [5, 5.41) is 19.1. The Bertz CT molecular complexity index is 500. The fourth-order valence-electron chi connectivity index (χ4n) is 4.81. The molecule has 0 aromatic heterocycles. The van der Waals surface area contributed by atoms with Crippen LogP contribution in [0.4, 0.5) is 0 Å². The fourth-order valence-corrected chi connectivity index (χ4v) is 4.81. The van der Waals surface area contributed by atoms with Crippen LogP contribution in [0.2, 0.25) is 0 Å². The zero-order chi connectivity index (χ0) is 22.2. The van der Waals surface area contributed by atoms with Gasteiger partial charge in [-0.1, -0.05) is 90.0 Å². The predicted octanol–water partition coefficient (Wildman–Crippen LogP) is 7.69. The quantitative estimate of drug-likeness (QED) is 0.187. The number of hydrogen-bond acceptors (Lipinski definition) is 2. The third kappa shape index (κ3) is 12.6. The summed E-state index contributed by atoms with van der Waals surface area (Å²) >= 11 is 0. The van der Waals surface area contributed by atoms with Gasteiger partial charge in [0, 0.05) is 6.42 Å². The van der Waals surface area contributed by atoms with Crippen molar-refractivity contribution in [1.82, 2.24) is 0 Å². The van der Waals surface area contributed by atoms with E-state index in [2.05, 4.69) is 32.9 Å². The van der Waals surface area contributed by atoms with E-state index < -0.39 is 5.97 Å². The molecule has 0 aromatic rings. The maximum absolute atomic E-state index is 11.1. The van der Waals surface area contributed by atoms with Crippen molar-refractivity contribution in [2.45, 2.75) is 123 Å². The smallest absolute Gasteiger partial charge is 0.303 e. The monoisotopic (exact) mass is 420 g/mol. The third-order valence-electron chi connectivity index (χ3n) is 6.90. The molecule has 3 heteroatoms. The molecule has 1 saturated carbocycles. The first-order valence-corrected chi connectivity index (χ1v) is 12.6. The lowest BCUT2D eigenvalue weighted by molar-refractivity contribution is -0.137. The predicted molar refractivity (Wildman–Crippen MR) is 128 cm³/mol. The van der Waals surface area contributed by atoms with Crippen LogP contribution in [0.15, 0.2) is 24.3 Å². The fraction of sp³-hybridized carbons (Fsp3) is 0.815. The van der Waals surface area contributed by atoms with Gasteiger partial charge < -0.3 is 10.2 Å². The minimum Gasteiger partial charge on any atom is -0.481 e. The number of aliphatic hydroxyl groups excluding tert-OH is 1. The van der Waals surface area contributed by atoms with Crippen molar-refractivity contribution in [3.05, 3.63) is 24.3 Å². The Hall–Kier alpha value is -1.09. The summed E-state index contributed by atoms with van der Waals surface area (Å²) in [6.07, 6.45) is 24.6. The van der Waals surface area contributed by atoms with Crippen molar-refractivity contribution in [1.29, 1.82) is 0 Å². The Morgan fingerprint density at radius 1 is 1.00 bits per heavy atom. The number of carbonyl (C=O) groups is 1. The zero-order valence-electron chi connectivity index (χ0n) is 20.0. The highest BCUT2D eigenvalue weighted by Crippen LogP contribution is 2.46. The van der Waals surface area contributed by atoms with Crippen LogP contribution in [0.25, 0.3) is 0 Å². The van der Waals surface area contributed by atoms with Crippen LogP contribution in [-0.2, 0) is 4.79 Å². The van der Waals surface area contributed by atoms with E-state index in [1.807, 2.05) is 12.2 Å². The van der Waals surface area contributed by atoms with Gasteiger partial charge in [-0.25, -0.2) is 0 Å². The number of allylic oxidation sites excluding steroid dienone is 3. The molecule has 0 aliphatic heterocycles. The van der Waals surface area contributed by atoms with Gasteiger partial charge in [0.25, 0.3) is 0 Å². The highest BCUT2D eigenvalue weighted by Gasteiger charge is 2.32. The van der Waals surface area contributed by atoms with E-state index in [4.69, 9.17) is 5.11 Å². The molecule has 1 rings (SSSR count). The molecular weight excluding hydrogens is 372 g/mol. The first-order chi connectivity index (χ1) is 14.4. The minimum absolute atomic E-state index is 0.307. The summed E-state index contributed by atoms with van der Waals surface area (Å²) in [5.74, 6) is 0.569. The number of carboxylic acids is 1. The lowest BCUT2D eigenvalue weighted by Crippen LogP contribution is -2.18. The molecule has 0 saturated heterocycles. The van der Waals surface area contributed by atoms with Crippen LogP contribution >= 0.6 is 0 Å². The number of unbranched alkanes of at least 4 members (excludes halogenated alkanes) is 2. The first kappa shape index (κ1) is 26.9. The van der Waals surface area contributed by atoms with Gasteiger partial charge in [-0.15, -0.1) is 0 Å². The van der Waals surface area contributed by atoms with E-state index in [0.29, 0.717) is 23.7 Å². The molecule has 0 radical (unpaired) electrons. The summed E-state index contributed by atoms with van der Waals surface area (Å²) in [6.45, 7) is 6.69. The topological polar surface area (TPSA) is 57.5 Å². The molecule has 1 aliphatic rings. The van der Waals surface area contributed by atoms with Gasteiger partial charge in [0.05, 0.1) is 6.10 Å². The molecule has 3 nitrogen and oxygen atoms in total. The molecule has 0 heterocycles. The van der Waals surface area contributed by atoms with Crippen LogP contribution in [0.5, 0.6) is 0 Å². The molecule has 0 unspecified atom stereocenters. The number of hydrogen-bond donors (Lipinski definition) is 2. The van der Waals surface area contributed by atoms with Crippen molar-refractivity contribution >= 4 is 5.97 Å². The Labute approximate surface area is 186 Å². The molecule has 0 spiro atoms. The first-order valence-electron chi connectivity index (χ1n) is 12.6. The van der Waals surface area contributed by atoms with E-state index >= 15 is 0 Å². The van der Waals surface area contributed by atoms with Crippen molar-refractivity contribution in [3.8, 4) is 0 Å². The highest BCUT2D eigenvalue weighted by molar-refractivity contribution is 5.66. The van der Waals surface area contributed by atoms with Gasteiger partial charge >= 0.3 is 5.97 Å². The lowest BCUT2D eigenvalue weighted by atomic mass is 9.75. The summed E-state index contributed by atoms with van der Waals surface area (Å²) in [6, 6.07) is 0. The molecule has 1 aliphatic carbocycles. The standard InChI is InChI=1S/C27H48O3/c1-4-5-7-12-25(28)13-8-6-9-19-27(20-10-11-21-27)22-18-24(15-14-23(2)3)16-17-26(29)30/h6,8-9,13,23-25,28H,4-5,7,10-12,14-22H2,1-3H3,(H,29,30)/b9-6+,13-8+/t24-,25+/m1/s1. The largest absolute Gasteiger partial charge is 0.481 e. The summed E-state index contributed by atoms with van der Waals surface area (Å²) < 4.78 is 0. The average molecular weight is 421 g/mol. The van der Waals surface area contributed by atoms with Crippen molar-refractivity contribution in [2.24, 2.45) is 17.3 Å². The summed E-state index contributed by atoms with van der Waals surface area (Å²) in [4.78, 5) is 11.1. The molecule has 2 N–H and O–H groups in total. The van der Waals surface area contributed by atoms with Crippen LogP contribution in [0.1, 0.15) is 117 Å². The van der Waals surface area contributed by atoms with Gasteiger partial charge in [-0.2, -0.15) is 0 Å². The Kier molecular flexibility index (Phi) is 14.1. The van der Waals surface area contributed by atoms with Gasteiger partial charge in [-0.05, 0) is 62.2 Å². The van der Waals surface area contributed by atoms with E-state index in [0.717, 1.165) is 32.1 Å². The molecule has 0 bridgehead atoms. The molecule has 30 heavy (non-hydrogen) atoms. The van der Waals surface area contributed by atoms with E-state index in [1.54, 1.807) is 0 Å². The number of carboxylic acid groups (broad SMARTS) is 1. The van der Waals surface area contributed by atoms with E-state index in [1.165, 1.54) is 57.8 Å². The van der Waals surface area contributed by atoms with Crippen LogP contribution < -0.4 is 0 Å². The lowest BCUT2D eigenvalue weighted by Gasteiger charge is -2.30. The highest BCUT2D eigenvalue weighted by atomic mass is 16.4. The molecule has 0 amide bonds. The van der Waals surface area contributed by atoms with Crippen LogP contribution in [-0.4, -0.2) is 22.3 Å². The van der Waals surface area contributed by atoms with E-state index in [9.17, 15) is 9.90 Å². The summed E-state index contributed by atoms with van der Waals surface area (Å²) in [5.41, 5.74) is 0.406. The second-order valence-electron chi connectivity index (χ2n) is 10.1. The second-order valence-corrected chi connectivity index (χ2v) is 10.1. The molecular formula is C27H48O3. The van der Waals surface area contributed by atoms with Crippen LogP contribution in [0, 0.1) is 17.3 Å². The van der Waals surface area contributed by atoms with Gasteiger partial charge in [0.2, 0.25) is 0 Å². The third-order valence-corrected chi connectivity index (χ3v) is 6.90. The summed E-state index contributed by atoms with van der Waals surface area (Å²) in [7, 11) is 0. The van der Waals surface area contributed by atoms with Crippen LogP contribution in [0.3, 0.4) is 0 Å². The van der Waals surface area contributed by atoms with Gasteiger partial charge in [-0.3, -0.25) is 4.79 Å². The Morgan fingerprint density at radius 3 is 2.37 bits per heavy atom. The maximum atomic E-state index is 11.1. The molecule has 174 valence electrons. The van der Waals surface area contributed by atoms with Gasteiger partial charge in [0.15, 0.2) is 0 Å². The number of aliphatic hydroxyl groups is 1. The normalized spacial score (nSPS) is 18.6. The second kappa shape index (κ2) is 15.7. The average Bonchev–Trinajstić information content (AvgIpc) is 3.16. The van der Waals surface area contributed by atoms with Crippen molar-refractivity contribution < 1.29 is 15.0 Å². The van der Waals surface area contributed by atoms with Crippen molar-refractivity contribution in [3.63, 3.8) is 0 Å². The van der Waals surface area contributed by atoms with Gasteiger partial charge in [0.1, 0.15) is 0 Å². The Morgan fingerprint density at radius 2 is 1.73 bits per heavy atom. The van der Waals surface area contributed by atoms with E-state index in [-0.39, 0.29) is 6.10 Å². The minimum atomic E-state index is -0.660.